The van der Waals surface area contributed by atoms with Gasteiger partial charge in [-0.3, -0.25) is 0 Å². The summed E-state index contributed by atoms with van der Waals surface area (Å²) in [6.45, 7) is 1.25. The molecule has 6 nitrogen and oxygen atoms in total. The quantitative estimate of drug-likeness (QED) is 0.620. The highest BCUT2D eigenvalue weighted by Gasteiger charge is 2.29. The van der Waals surface area contributed by atoms with E-state index in [0.717, 1.165) is 6.42 Å². The van der Waals surface area contributed by atoms with Crippen LogP contribution in [0.3, 0.4) is 0 Å². The lowest BCUT2D eigenvalue weighted by Gasteiger charge is -2.30. The highest BCUT2D eigenvalue weighted by molar-refractivity contribution is 6.39. The number of carboxylic acids is 1. The SMILES string of the molecule is COc1cc(Cl)c(N2CCCn3c2nc2c(Cl)ccc(C(=O)O)c23)c(Cl)c1. The Morgan fingerprint density at radius 2 is 1.85 bits per heavy atom. The fraction of sp³-hybridized carbons (Fsp3) is 0.222. The number of rotatable bonds is 3. The summed E-state index contributed by atoms with van der Waals surface area (Å²) in [5, 5.41) is 10.8. The molecule has 140 valence electrons. The second-order valence-electron chi connectivity index (χ2n) is 6.11. The van der Waals surface area contributed by atoms with Gasteiger partial charge in [0.15, 0.2) is 0 Å². The van der Waals surface area contributed by atoms with Crippen LogP contribution < -0.4 is 9.64 Å². The minimum absolute atomic E-state index is 0.155. The van der Waals surface area contributed by atoms with Crippen molar-refractivity contribution in [3.05, 3.63) is 44.9 Å². The summed E-state index contributed by atoms with van der Waals surface area (Å²) in [6.07, 6.45) is 0.767. The van der Waals surface area contributed by atoms with Crippen molar-refractivity contribution in [3.63, 3.8) is 0 Å². The molecule has 0 amide bonds. The normalized spacial score (nSPS) is 13.7. The van der Waals surface area contributed by atoms with E-state index in [-0.39, 0.29) is 5.56 Å². The van der Waals surface area contributed by atoms with E-state index in [9.17, 15) is 9.90 Å². The summed E-state index contributed by atoms with van der Waals surface area (Å²) >= 11 is 19.2. The van der Waals surface area contributed by atoms with E-state index in [1.165, 1.54) is 13.2 Å². The monoisotopic (exact) mass is 425 g/mol. The standard InChI is InChI=1S/C18H14Cl3N3O3/c1-27-9-7-12(20)16(13(21)8-9)24-6-2-5-23-15-10(17(25)26)3-4-11(19)14(15)22-18(23)24/h3-4,7-8H,2,5-6H2,1H3,(H,25,26). The van der Waals surface area contributed by atoms with Crippen molar-refractivity contribution in [2.24, 2.45) is 0 Å². The molecule has 0 saturated heterocycles. The van der Waals surface area contributed by atoms with Crippen LogP contribution in [-0.2, 0) is 6.54 Å². The lowest BCUT2D eigenvalue weighted by Crippen LogP contribution is -2.28. The predicted octanol–water partition coefficient (Wildman–Crippen LogP) is 5.25. The average Bonchev–Trinajstić information content (AvgIpc) is 3.02. The number of anilines is 2. The third-order valence-corrected chi connectivity index (χ3v) is 5.44. The molecular formula is C18H14Cl3N3O3. The zero-order valence-electron chi connectivity index (χ0n) is 14.2. The van der Waals surface area contributed by atoms with Gasteiger partial charge < -0.3 is 19.3 Å². The third kappa shape index (κ3) is 2.88. The van der Waals surface area contributed by atoms with Crippen molar-refractivity contribution in [1.29, 1.82) is 0 Å². The van der Waals surface area contributed by atoms with Crippen LogP contribution in [0.2, 0.25) is 15.1 Å². The van der Waals surface area contributed by atoms with Crippen LogP contribution >= 0.6 is 34.8 Å². The number of benzene rings is 2. The van der Waals surface area contributed by atoms with Crippen LogP contribution in [0.5, 0.6) is 5.75 Å². The van der Waals surface area contributed by atoms with Gasteiger partial charge in [-0.05, 0) is 18.6 Å². The summed E-state index contributed by atoms with van der Waals surface area (Å²) in [6, 6.07) is 6.40. The van der Waals surface area contributed by atoms with Crippen LogP contribution in [-0.4, -0.2) is 34.3 Å². The molecule has 3 aromatic rings. The van der Waals surface area contributed by atoms with Crippen LogP contribution in [0.4, 0.5) is 11.6 Å². The Hall–Kier alpha value is -2.15. The molecular weight excluding hydrogens is 413 g/mol. The molecule has 0 bridgehead atoms. The van der Waals surface area contributed by atoms with Crippen molar-refractivity contribution in [2.45, 2.75) is 13.0 Å². The van der Waals surface area contributed by atoms with E-state index in [4.69, 9.17) is 39.5 Å². The Morgan fingerprint density at radius 1 is 1.15 bits per heavy atom. The number of imidazole rings is 1. The highest BCUT2D eigenvalue weighted by Crippen LogP contribution is 2.43. The minimum atomic E-state index is -1.03. The maximum atomic E-state index is 11.7. The molecule has 0 spiro atoms. The zero-order chi connectivity index (χ0) is 19.3. The van der Waals surface area contributed by atoms with Gasteiger partial charge in [0.25, 0.3) is 0 Å². The molecule has 1 aliphatic heterocycles. The number of carboxylic acid groups (broad SMARTS) is 1. The van der Waals surface area contributed by atoms with Gasteiger partial charge in [0.05, 0.1) is 38.9 Å². The molecule has 1 aliphatic rings. The van der Waals surface area contributed by atoms with Crippen molar-refractivity contribution in [1.82, 2.24) is 9.55 Å². The molecule has 1 N–H and O–H groups in total. The molecule has 0 aliphatic carbocycles. The number of hydrogen-bond donors (Lipinski definition) is 1. The van der Waals surface area contributed by atoms with E-state index in [2.05, 4.69) is 4.98 Å². The minimum Gasteiger partial charge on any atom is -0.497 e. The Balaban J connectivity index is 1.97. The van der Waals surface area contributed by atoms with Gasteiger partial charge in [-0.2, -0.15) is 0 Å². The van der Waals surface area contributed by atoms with Crippen molar-refractivity contribution in [2.75, 3.05) is 18.6 Å². The molecule has 0 fully saturated rings. The van der Waals surface area contributed by atoms with E-state index in [1.807, 2.05) is 9.47 Å². The summed E-state index contributed by atoms with van der Waals surface area (Å²) < 4.78 is 7.05. The maximum Gasteiger partial charge on any atom is 0.337 e. The fourth-order valence-electron chi connectivity index (χ4n) is 3.40. The fourth-order valence-corrected chi connectivity index (χ4v) is 4.27. The first kappa shape index (κ1) is 18.2. The summed E-state index contributed by atoms with van der Waals surface area (Å²) in [5.41, 5.74) is 1.69. The average molecular weight is 427 g/mol. The number of carbonyl (C=O) groups is 1. The van der Waals surface area contributed by atoms with Crippen molar-refractivity contribution >= 4 is 63.4 Å². The molecule has 0 saturated carbocycles. The number of aromatic carboxylic acids is 1. The number of hydrogen-bond acceptors (Lipinski definition) is 4. The van der Waals surface area contributed by atoms with Crippen molar-refractivity contribution in [3.8, 4) is 5.75 Å². The number of halogens is 3. The van der Waals surface area contributed by atoms with E-state index in [0.29, 0.717) is 56.6 Å². The van der Waals surface area contributed by atoms with Gasteiger partial charge in [0.2, 0.25) is 5.95 Å². The first-order valence-electron chi connectivity index (χ1n) is 8.15. The first-order valence-corrected chi connectivity index (χ1v) is 9.28. The van der Waals surface area contributed by atoms with Crippen LogP contribution in [0.15, 0.2) is 24.3 Å². The lowest BCUT2D eigenvalue weighted by molar-refractivity contribution is 0.0698. The smallest absolute Gasteiger partial charge is 0.337 e. The molecule has 0 atom stereocenters. The second-order valence-corrected chi connectivity index (χ2v) is 7.33. The van der Waals surface area contributed by atoms with Crippen LogP contribution in [0.25, 0.3) is 11.0 Å². The van der Waals surface area contributed by atoms with E-state index < -0.39 is 5.97 Å². The molecule has 4 rings (SSSR count). The number of fused-ring (bicyclic) bond motifs is 3. The number of aromatic nitrogens is 2. The van der Waals surface area contributed by atoms with Gasteiger partial charge >= 0.3 is 5.97 Å². The Morgan fingerprint density at radius 3 is 2.48 bits per heavy atom. The summed E-state index contributed by atoms with van der Waals surface area (Å²) in [4.78, 5) is 18.2. The van der Waals surface area contributed by atoms with Gasteiger partial charge in [-0.25, -0.2) is 9.78 Å². The summed E-state index contributed by atoms with van der Waals surface area (Å²) in [5.74, 6) is 0.0771. The summed E-state index contributed by atoms with van der Waals surface area (Å²) in [7, 11) is 1.54. The van der Waals surface area contributed by atoms with Crippen LogP contribution in [0, 0.1) is 0 Å². The molecule has 2 aromatic carbocycles. The second kappa shape index (κ2) is 6.78. The first-order chi connectivity index (χ1) is 12.9. The largest absolute Gasteiger partial charge is 0.497 e. The topological polar surface area (TPSA) is 67.6 Å². The highest BCUT2D eigenvalue weighted by atomic mass is 35.5. The number of methoxy groups -OCH3 is 1. The van der Waals surface area contributed by atoms with Gasteiger partial charge in [-0.15, -0.1) is 0 Å². The molecule has 1 aromatic heterocycles. The van der Waals surface area contributed by atoms with Gasteiger partial charge in [0.1, 0.15) is 11.3 Å². The predicted molar refractivity (Wildman–Crippen MR) is 106 cm³/mol. The number of ether oxygens (including phenoxy) is 1. The molecule has 2 heterocycles. The van der Waals surface area contributed by atoms with Crippen molar-refractivity contribution < 1.29 is 14.6 Å². The maximum absolute atomic E-state index is 11.7. The van der Waals surface area contributed by atoms with E-state index in [1.54, 1.807) is 18.2 Å². The molecule has 0 radical (unpaired) electrons. The molecule has 0 unspecified atom stereocenters. The number of nitrogens with zero attached hydrogens (tertiary/aromatic N) is 3. The van der Waals surface area contributed by atoms with E-state index >= 15 is 0 Å². The third-order valence-electron chi connectivity index (χ3n) is 4.56. The molecule has 9 heteroatoms. The van der Waals surface area contributed by atoms with Crippen LogP contribution in [0.1, 0.15) is 16.8 Å². The lowest BCUT2D eigenvalue weighted by atomic mass is 10.1. The Labute approximate surface area is 169 Å². The molecule has 27 heavy (non-hydrogen) atoms. The Kier molecular flexibility index (Phi) is 4.58. The van der Waals surface area contributed by atoms with Gasteiger partial charge in [0, 0.05) is 25.2 Å². The zero-order valence-corrected chi connectivity index (χ0v) is 16.4. The van der Waals surface area contributed by atoms with Gasteiger partial charge in [-0.1, -0.05) is 34.8 Å². The Bertz CT molecular complexity index is 1060. The number of aryl methyl sites for hydroxylation is 1.